The number of nitrogens with zero attached hydrogens (tertiary/aromatic N) is 1. The Kier molecular flexibility index (Phi) is 51.9. The van der Waals surface area contributed by atoms with Crippen LogP contribution in [0.4, 0.5) is 0 Å². The normalized spacial score (nSPS) is 14.7. The van der Waals surface area contributed by atoms with E-state index in [0.29, 0.717) is 23.9 Å². The molecule has 0 aliphatic carbocycles. The minimum Gasteiger partial charge on any atom is -0.756 e. The summed E-state index contributed by atoms with van der Waals surface area (Å²) in [5, 5.41) is 13.9. The van der Waals surface area contributed by atoms with Crippen LogP contribution in [0.2, 0.25) is 0 Å². The summed E-state index contributed by atoms with van der Waals surface area (Å²) in [6.07, 6.45) is 78.9. The number of quaternary nitrogens is 1. The van der Waals surface area contributed by atoms with Gasteiger partial charge in [0.15, 0.2) is 0 Å². The summed E-state index contributed by atoms with van der Waals surface area (Å²) in [5.74, 6) is -0.239. The van der Waals surface area contributed by atoms with Crippen molar-refractivity contribution in [2.24, 2.45) is 0 Å². The Bertz CT molecular complexity index is 1550. The van der Waals surface area contributed by atoms with E-state index in [-0.39, 0.29) is 12.5 Å². The van der Waals surface area contributed by atoms with Crippen molar-refractivity contribution in [2.75, 3.05) is 40.9 Å². The zero-order valence-electron chi connectivity index (χ0n) is 47.8. The molecule has 0 aromatic carbocycles. The van der Waals surface area contributed by atoms with Gasteiger partial charge >= 0.3 is 0 Å². The van der Waals surface area contributed by atoms with Crippen molar-refractivity contribution in [1.29, 1.82) is 0 Å². The van der Waals surface area contributed by atoms with Crippen molar-refractivity contribution >= 4 is 13.7 Å². The Labute approximate surface area is 451 Å². The van der Waals surface area contributed by atoms with E-state index in [1.165, 1.54) is 122 Å². The lowest BCUT2D eigenvalue weighted by Crippen LogP contribution is -2.45. The quantitative estimate of drug-likeness (QED) is 0.0272. The van der Waals surface area contributed by atoms with Crippen LogP contribution in [0.5, 0.6) is 0 Å². The van der Waals surface area contributed by atoms with E-state index >= 15 is 0 Å². The molecule has 9 heteroatoms. The van der Waals surface area contributed by atoms with Gasteiger partial charge in [-0.3, -0.25) is 9.36 Å². The molecule has 0 bridgehead atoms. The predicted octanol–water partition coefficient (Wildman–Crippen LogP) is 17.7. The van der Waals surface area contributed by atoms with Crippen molar-refractivity contribution in [2.45, 2.75) is 251 Å². The molecule has 0 spiro atoms. The number of phosphoric ester groups is 1. The van der Waals surface area contributed by atoms with Crippen molar-refractivity contribution < 1.29 is 32.9 Å². The lowest BCUT2D eigenvalue weighted by molar-refractivity contribution is -0.870. The molecular weight excluding hydrogens is 924 g/mol. The number of aliphatic hydroxyl groups excluding tert-OH is 1. The summed E-state index contributed by atoms with van der Waals surface area (Å²) in [6, 6.07) is -0.933. The highest BCUT2D eigenvalue weighted by atomic mass is 31.2. The maximum absolute atomic E-state index is 13.0. The summed E-state index contributed by atoms with van der Waals surface area (Å²) in [7, 11) is 1.20. The number of nitrogens with one attached hydrogen (secondary N) is 1. The number of amides is 1. The molecule has 0 aromatic rings. The van der Waals surface area contributed by atoms with Crippen LogP contribution in [-0.4, -0.2) is 68.5 Å². The van der Waals surface area contributed by atoms with Gasteiger partial charge in [-0.1, -0.05) is 245 Å². The minimum absolute atomic E-state index is 0.0205. The topological polar surface area (TPSA) is 108 Å². The Morgan fingerprint density at radius 2 is 0.849 bits per heavy atom. The molecule has 8 nitrogen and oxygen atoms in total. The molecule has 0 saturated heterocycles. The number of unbranched alkanes of at least 4 members (excludes halogenated alkanes) is 24. The SMILES string of the molecule is CC/C=C\C/C=C\C/C=C\C/C=C\C/C=C\C/C=C\CCCCCCC(=O)NC(COP(=O)([O-])OCC[N+](C)(C)C)C(O)/C=C/CC/C=C/CC/C=C/CCCCCCCCCCCCCCCCCCCC. The molecule has 0 aliphatic heterocycles. The average Bonchev–Trinajstić information content (AvgIpc) is 3.35. The number of phosphoric acid groups is 1. The Morgan fingerprint density at radius 1 is 0.493 bits per heavy atom. The van der Waals surface area contributed by atoms with Gasteiger partial charge < -0.3 is 28.8 Å². The van der Waals surface area contributed by atoms with Crippen molar-refractivity contribution in [3.8, 4) is 0 Å². The fourth-order valence-corrected chi connectivity index (χ4v) is 8.79. The molecule has 0 saturated carbocycles. The zero-order chi connectivity index (χ0) is 53.5. The lowest BCUT2D eigenvalue weighted by Gasteiger charge is -2.29. The highest BCUT2D eigenvalue weighted by Gasteiger charge is 2.23. The molecule has 1 amide bonds. The number of rotatable bonds is 53. The minimum atomic E-state index is -4.63. The van der Waals surface area contributed by atoms with Gasteiger partial charge in [0.25, 0.3) is 7.82 Å². The molecular formula is C64H113N2O6P. The molecule has 0 fully saturated rings. The summed E-state index contributed by atoms with van der Waals surface area (Å²) in [4.78, 5) is 25.5. The molecule has 3 atom stereocenters. The van der Waals surface area contributed by atoms with E-state index in [1.54, 1.807) is 6.08 Å². The Hall–Kier alpha value is -2.84. The first-order valence-electron chi connectivity index (χ1n) is 29.7. The summed E-state index contributed by atoms with van der Waals surface area (Å²) in [6.45, 7) is 4.49. The Balaban J connectivity index is 4.34. The van der Waals surface area contributed by atoms with Crippen LogP contribution in [0.3, 0.4) is 0 Å². The zero-order valence-corrected chi connectivity index (χ0v) is 48.7. The largest absolute Gasteiger partial charge is 0.756 e. The van der Waals surface area contributed by atoms with E-state index in [0.717, 1.165) is 89.9 Å². The van der Waals surface area contributed by atoms with Crippen LogP contribution >= 0.6 is 7.82 Å². The van der Waals surface area contributed by atoms with Crippen molar-refractivity contribution in [1.82, 2.24) is 5.32 Å². The average molecular weight is 1040 g/mol. The van der Waals surface area contributed by atoms with Crippen LogP contribution in [0.25, 0.3) is 0 Å². The number of hydrogen-bond donors (Lipinski definition) is 2. The number of likely N-dealkylation sites (N-methyl/N-ethyl adjacent to an activating group) is 1. The number of carbonyl (C=O) groups is 1. The standard InChI is InChI=1S/C64H113N2O6P/c1-6-8-10-12-14-16-18-20-22-24-26-28-30-31-32-33-34-36-37-39-41-43-45-47-49-51-53-55-57-63(67)62(61-72-73(69,70)71-60-59-66(3,4)5)65-64(68)58-56-54-52-50-48-46-44-42-40-38-35-29-27-25-23-21-19-17-15-13-11-9-7-2/h9,11,15,17,21,23,27,29,38-41,44,46-47,49,55,57,62-63,67H,6-8,10,12-14,16,18-20,22,24-26,28,30-37,42-43,45,48,50-54,56,58-61H2,1-5H3,(H-,65,68,69,70)/b11-9-,17-15-,23-21-,29-27-,40-38-,41-39+,46-44-,49-47+,57-55+. The molecule has 0 heterocycles. The fraction of sp³-hybridized carbons (Fsp3) is 0.703. The number of aliphatic hydroxyl groups is 1. The van der Waals surface area contributed by atoms with Crippen LogP contribution in [0.15, 0.2) is 109 Å². The van der Waals surface area contributed by atoms with Gasteiger partial charge in [-0.05, 0) is 96.3 Å². The molecule has 0 rings (SSSR count). The molecule has 420 valence electrons. The second-order valence-electron chi connectivity index (χ2n) is 20.9. The van der Waals surface area contributed by atoms with Gasteiger partial charge in [-0.25, -0.2) is 0 Å². The van der Waals surface area contributed by atoms with E-state index in [9.17, 15) is 19.4 Å². The first kappa shape index (κ1) is 70.2. The smallest absolute Gasteiger partial charge is 0.268 e. The number of hydrogen-bond acceptors (Lipinski definition) is 6. The summed E-state index contributed by atoms with van der Waals surface area (Å²) < 4.78 is 23.3. The molecule has 0 aliphatic rings. The lowest BCUT2D eigenvalue weighted by atomic mass is 10.0. The third-order valence-corrected chi connectivity index (χ3v) is 13.7. The second-order valence-corrected chi connectivity index (χ2v) is 22.4. The van der Waals surface area contributed by atoms with Crippen LogP contribution < -0.4 is 10.2 Å². The number of carbonyl (C=O) groups excluding carboxylic acids is 1. The maximum atomic E-state index is 13.0. The molecule has 3 unspecified atom stereocenters. The van der Waals surface area contributed by atoms with Crippen molar-refractivity contribution in [3.05, 3.63) is 109 Å². The number of allylic oxidation sites excluding steroid dienone is 17. The van der Waals surface area contributed by atoms with Gasteiger partial charge in [-0.15, -0.1) is 0 Å². The third kappa shape index (κ3) is 56.7. The van der Waals surface area contributed by atoms with Crippen LogP contribution in [-0.2, 0) is 18.4 Å². The van der Waals surface area contributed by atoms with E-state index in [2.05, 4.69) is 116 Å². The maximum Gasteiger partial charge on any atom is 0.268 e. The van der Waals surface area contributed by atoms with Crippen LogP contribution in [0.1, 0.15) is 239 Å². The highest BCUT2D eigenvalue weighted by Crippen LogP contribution is 2.38. The van der Waals surface area contributed by atoms with E-state index < -0.39 is 26.6 Å². The second kappa shape index (κ2) is 54.0. The third-order valence-electron chi connectivity index (χ3n) is 12.7. The first-order chi connectivity index (χ1) is 35.5. The first-order valence-corrected chi connectivity index (χ1v) is 31.2. The van der Waals surface area contributed by atoms with Gasteiger partial charge in [0.2, 0.25) is 5.91 Å². The van der Waals surface area contributed by atoms with Gasteiger partial charge in [0, 0.05) is 6.42 Å². The van der Waals surface area contributed by atoms with E-state index in [1.807, 2.05) is 27.2 Å². The summed E-state index contributed by atoms with van der Waals surface area (Å²) >= 11 is 0. The highest BCUT2D eigenvalue weighted by molar-refractivity contribution is 7.45. The van der Waals surface area contributed by atoms with Gasteiger partial charge in [0.05, 0.1) is 39.9 Å². The van der Waals surface area contributed by atoms with Crippen molar-refractivity contribution in [3.63, 3.8) is 0 Å². The molecule has 0 aromatic heterocycles. The van der Waals surface area contributed by atoms with E-state index in [4.69, 9.17) is 9.05 Å². The molecule has 73 heavy (non-hydrogen) atoms. The monoisotopic (exact) mass is 1040 g/mol. The van der Waals surface area contributed by atoms with Crippen LogP contribution in [0, 0.1) is 0 Å². The summed E-state index contributed by atoms with van der Waals surface area (Å²) in [5.41, 5.74) is 0. The molecule has 2 N–H and O–H groups in total. The fourth-order valence-electron chi connectivity index (χ4n) is 8.07. The predicted molar refractivity (Wildman–Crippen MR) is 316 cm³/mol. The molecule has 0 radical (unpaired) electrons. The van der Waals surface area contributed by atoms with Gasteiger partial charge in [0.1, 0.15) is 13.2 Å². The van der Waals surface area contributed by atoms with Gasteiger partial charge in [-0.2, -0.15) is 0 Å². The Morgan fingerprint density at radius 3 is 1.27 bits per heavy atom.